The monoisotopic (exact) mass is 393 g/mol. The van der Waals surface area contributed by atoms with Crippen molar-refractivity contribution in [3.8, 4) is 22.7 Å². The number of fused-ring (bicyclic) bond motifs is 3. The van der Waals surface area contributed by atoms with Crippen molar-refractivity contribution in [3.63, 3.8) is 0 Å². The minimum atomic E-state index is 0.808. The van der Waals surface area contributed by atoms with Gasteiger partial charge in [0.25, 0.3) is 0 Å². The Labute approximate surface area is 175 Å². The molecular formula is C26H23N3O. The van der Waals surface area contributed by atoms with Gasteiger partial charge < -0.3 is 4.74 Å². The Hall–Kier alpha value is -3.66. The summed E-state index contributed by atoms with van der Waals surface area (Å²) in [6.45, 7) is 4.26. The molecule has 0 atom stereocenters. The van der Waals surface area contributed by atoms with Crippen LogP contribution in [0.1, 0.15) is 18.1 Å². The van der Waals surface area contributed by atoms with Crippen LogP contribution < -0.4 is 4.74 Å². The maximum absolute atomic E-state index is 5.49. The Morgan fingerprint density at radius 3 is 2.37 bits per heavy atom. The maximum atomic E-state index is 5.49. The molecule has 0 saturated heterocycles. The summed E-state index contributed by atoms with van der Waals surface area (Å²) in [5.41, 5.74) is 7.55. The lowest BCUT2D eigenvalue weighted by molar-refractivity contribution is 0.415. The number of hydrogen-bond acceptors (Lipinski definition) is 3. The number of aryl methyl sites for hydroxylation is 2. The third-order valence-electron chi connectivity index (χ3n) is 5.63. The summed E-state index contributed by atoms with van der Waals surface area (Å²) in [5.74, 6) is 0.808. The van der Waals surface area contributed by atoms with Gasteiger partial charge in [0.15, 0.2) is 0 Å². The molecule has 5 rings (SSSR count). The Kier molecular flexibility index (Phi) is 4.47. The van der Waals surface area contributed by atoms with Crippen molar-refractivity contribution in [1.29, 1.82) is 0 Å². The highest BCUT2D eigenvalue weighted by Crippen LogP contribution is 2.35. The van der Waals surface area contributed by atoms with E-state index in [-0.39, 0.29) is 0 Å². The Balaban J connectivity index is 1.85. The number of ether oxygens (including phenoxy) is 1. The van der Waals surface area contributed by atoms with E-state index in [0.29, 0.717) is 0 Å². The zero-order chi connectivity index (χ0) is 20.7. The van der Waals surface area contributed by atoms with Gasteiger partial charge in [0.1, 0.15) is 11.4 Å². The van der Waals surface area contributed by atoms with Gasteiger partial charge in [0.05, 0.1) is 23.8 Å². The number of nitrogens with zero attached hydrogens (tertiary/aromatic N) is 3. The van der Waals surface area contributed by atoms with Crippen LogP contribution in [-0.4, -0.2) is 21.9 Å². The summed E-state index contributed by atoms with van der Waals surface area (Å²) in [5, 5.41) is 7.11. The lowest BCUT2D eigenvalue weighted by Crippen LogP contribution is -1.97. The molecule has 0 fully saturated rings. The molecule has 0 aliphatic heterocycles. The second-order valence-electron chi connectivity index (χ2n) is 7.55. The fraction of sp³-hybridized carbons (Fsp3) is 0.154. The fourth-order valence-corrected chi connectivity index (χ4v) is 3.87. The summed E-state index contributed by atoms with van der Waals surface area (Å²) in [6.07, 6.45) is 2.95. The molecule has 0 spiro atoms. The molecule has 0 saturated carbocycles. The number of hydrogen-bond donors (Lipinski definition) is 0. The van der Waals surface area contributed by atoms with E-state index < -0.39 is 0 Å². The molecule has 3 aromatic carbocycles. The van der Waals surface area contributed by atoms with Crippen LogP contribution in [-0.2, 0) is 6.42 Å². The van der Waals surface area contributed by atoms with Gasteiger partial charge in [-0.05, 0) is 49.2 Å². The number of benzene rings is 3. The van der Waals surface area contributed by atoms with E-state index in [0.717, 1.165) is 50.9 Å². The molecule has 4 nitrogen and oxygen atoms in total. The van der Waals surface area contributed by atoms with Gasteiger partial charge >= 0.3 is 0 Å². The van der Waals surface area contributed by atoms with Gasteiger partial charge in [-0.2, -0.15) is 5.10 Å². The lowest BCUT2D eigenvalue weighted by atomic mass is 10.0. The summed E-state index contributed by atoms with van der Waals surface area (Å²) in [7, 11) is 1.69. The summed E-state index contributed by atoms with van der Waals surface area (Å²) >= 11 is 0. The van der Waals surface area contributed by atoms with Crippen molar-refractivity contribution in [1.82, 2.24) is 14.8 Å². The van der Waals surface area contributed by atoms with Crippen molar-refractivity contribution in [2.45, 2.75) is 20.3 Å². The maximum Gasteiger partial charge on any atom is 0.119 e. The minimum Gasteiger partial charge on any atom is -0.497 e. The molecule has 0 bridgehead atoms. The van der Waals surface area contributed by atoms with Crippen LogP contribution >= 0.6 is 0 Å². The normalized spacial score (nSPS) is 11.3. The first kappa shape index (κ1) is 18.4. The van der Waals surface area contributed by atoms with E-state index in [4.69, 9.17) is 14.8 Å². The first-order chi connectivity index (χ1) is 14.7. The second-order valence-corrected chi connectivity index (χ2v) is 7.55. The average molecular weight is 393 g/mol. The number of pyridine rings is 1. The zero-order valence-electron chi connectivity index (χ0n) is 17.4. The van der Waals surface area contributed by atoms with Crippen LogP contribution in [0.4, 0.5) is 0 Å². The van der Waals surface area contributed by atoms with E-state index in [1.807, 2.05) is 29.1 Å². The predicted octanol–water partition coefficient (Wildman–Crippen LogP) is 6.12. The highest BCUT2D eigenvalue weighted by molar-refractivity contribution is 6.09. The van der Waals surface area contributed by atoms with Gasteiger partial charge in [0, 0.05) is 22.5 Å². The smallest absolute Gasteiger partial charge is 0.119 e. The summed E-state index contributed by atoms with van der Waals surface area (Å²) in [4.78, 5) is 4.72. The summed E-state index contributed by atoms with van der Waals surface area (Å²) in [6, 6.07) is 23.1. The van der Waals surface area contributed by atoms with Crippen LogP contribution in [0.25, 0.3) is 38.8 Å². The molecule has 2 aromatic heterocycles. The van der Waals surface area contributed by atoms with Crippen molar-refractivity contribution in [3.05, 3.63) is 84.1 Å². The molecule has 0 aliphatic rings. The first-order valence-electron chi connectivity index (χ1n) is 10.2. The Morgan fingerprint density at radius 2 is 1.67 bits per heavy atom. The molecule has 4 heteroatoms. The predicted molar refractivity (Wildman–Crippen MR) is 122 cm³/mol. The van der Waals surface area contributed by atoms with Gasteiger partial charge in [-0.15, -0.1) is 0 Å². The third-order valence-corrected chi connectivity index (χ3v) is 5.63. The molecular weight excluding hydrogens is 370 g/mol. The molecule has 148 valence electrons. The van der Waals surface area contributed by atoms with Crippen LogP contribution in [0.2, 0.25) is 0 Å². The van der Waals surface area contributed by atoms with E-state index in [1.165, 1.54) is 11.1 Å². The second kappa shape index (κ2) is 7.30. The fourth-order valence-electron chi connectivity index (χ4n) is 3.87. The standard InChI is InChI=1S/C26H23N3O/c1-4-18-7-9-19(10-8-18)25-23-16-27-24-14-13-21(30-3)15-22(24)26(23)29(28-25)20-11-5-17(2)6-12-20/h5-16H,4H2,1-3H3. The topological polar surface area (TPSA) is 39.9 Å². The van der Waals surface area contributed by atoms with Gasteiger partial charge in [-0.25, -0.2) is 4.68 Å². The Bertz CT molecular complexity index is 1350. The van der Waals surface area contributed by atoms with Crippen LogP contribution in [0, 0.1) is 6.92 Å². The molecule has 0 unspecified atom stereocenters. The van der Waals surface area contributed by atoms with Crippen molar-refractivity contribution in [2.24, 2.45) is 0 Å². The molecule has 0 amide bonds. The Morgan fingerprint density at radius 1 is 0.900 bits per heavy atom. The molecule has 0 N–H and O–H groups in total. The molecule has 0 aliphatic carbocycles. The number of aromatic nitrogens is 3. The van der Waals surface area contributed by atoms with E-state index in [2.05, 4.69) is 62.4 Å². The zero-order valence-corrected chi connectivity index (χ0v) is 17.4. The molecule has 30 heavy (non-hydrogen) atoms. The number of rotatable bonds is 4. The van der Waals surface area contributed by atoms with E-state index in [1.54, 1.807) is 7.11 Å². The van der Waals surface area contributed by atoms with Crippen molar-refractivity contribution < 1.29 is 4.74 Å². The quantitative estimate of drug-likeness (QED) is 0.369. The lowest BCUT2D eigenvalue weighted by Gasteiger charge is -2.07. The highest BCUT2D eigenvalue weighted by Gasteiger charge is 2.17. The summed E-state index contributed by atoms with van der Waals surface area (Å²) < 4.78 is 7.52. The van der Waals surface area contributed by atoms with E-state index in [9.17, 15) is 0 Å². The van der Waals surface area contributed by atoms with E-state index >= 15 is 0 Å². The first-order valence-corrected chi connectivity index (χ1v) is 10.2. The van der Waals surface area contributed by atoms with Gasteiger partial charge in [-0.1, -0.05) is 48.9 Å². The van der Waals surface area contributed by atoms with Crippen LogP contribution in [0.3, 0.4) is 0 Å². The highest BCUT2D eigenvalue weighted by atomic mass is 16.5. The SMILES string of the molecule is CCc1ccc(-c2nn(-c3ccc(C)cc3)c3c2cnc2ccc(OC)cc23)cc1. The molecule has 2 heterocycles. The average Bonchev–Trinajstić information content (AvgIpc) is 3.19. The molecule has 0 radical (unpaired) electrons. The van der Waals surface area contributed by atoms with Gasteiger partial charge in [-0.3, -0.25) is 4.98 Å². The minimum absolute atomic E-state index is 0.808. The number of methoxy groups -OCH3 is 1. The van der Waals surface area contributed by atoms with Crippen molar-refractivity contribution >= 4 is 21.8 Å². The van der Waals surface area contributed by atoms with Gasteiger partial charge in [0.2, 0.25) is 0 Å². The largest absolute Gasteiger partial charge is 0.497 e. The van der Waals surface area contributed by atoms with Crippen LogP contribution in [0.5, 0.6) is 5.75 Å². The van der Waals surface area contributed by atoms with Crippen molar-refractivity contribution in [2.75, 3.05) is 7.11 Å². The molecule has 5 aromatic rings. The van der Waals surface area contributed by atoms with Crippen LogP contribution in [0.15, 0.2) is 72.9 Å². The third kappa shape index (κ3) is 3.01.